The molecule has 5 nitrogen and oxygen atoms in total. The normalized spacial score (nSPS) is 13.1. The van der Waals surface area contributed by atoms with Gasteiger partial charge in [-0.3, -0.25) is 4.79 Å². The summed E-state index contributed by atoms with van der Waals surface area (Å²) < 4.78 is 0. The molecule has 0 fully saturated rings. The van der Waals surface area contributed by atoms with Crippen LogP contribution >= 0.6 is 0 Å². The van der Waals surface area contributed by atoms with Crippen LogP contribution in [0.5, 0.6) is 0 Å². The average Bonchev–Trinajstić information content (AvgIpc) is 2.46. The van der Waals surface area contributed by atoms with Crippen LogP contribution < -0.4 is 5.73 Å². The maximum atomic E-state index is 12.1. The van der Waals surface area contributed by atoms with Crippen LogP contribution in [0.3, 0.4) is 0 Å². The largest absolute Gasteiger partial charge is 0.409 e. The van der Waals surface area contributed by atoms with Crippen LogP contribution in [-0.4, -0.2) is 35.4 Å². The van der Waals surface area contributed by atoms with Crippen molar-refractivity contribution < 1.29 is 10.0 Å². The maximum absolute atomic E-state index is 12.1. The number of amidine groups is 1. The Morgan fingerprint density at radius 1 is 1.40 bits per heavy atom. The third-order valence-electron chi connectivity index (χ3n) is 3.42. The van der Waals surface area contributed by atoms with Crippen molar-refractivity contribution in [2.45, 2.75) is 26.7 Å². The third kappa shape index (κ3) is 4.57. The average molecular weight is 277 g/mol. The van der Waals surface area contributed by atoms with Gasteiger partial charge in [0.15, 0.2) is 5.84 Å². The van der Waals surface area contributed by atoms with Crippen molar-refractivity contribution in [1.82, 2.24) is 4.90 Å². The zero-order valence-electron chi connectivity index (χ0n) is 12.3. The van der Waals surface area contributed by atoms with Crippen LogP contribution in [0, 0.1) is 5.92 Å². The lowest BCUT2D eigenvalue weighted by molar-refractivity contribution is -0.129. The minimum absolute atomic E-state index is 0.0664. The van der Waals surface area contributed by atoms with Gasteiger partial charge in [-0.2, -0.15) is 0 Å². The Hall–Kier alpha value is -2.04. The van der Waals surface area contributed by atoms with E-state index in [2.05, 4.69) is 19.0 Å². The number of oxime groups is 1. The second-order valence-corrected chi connectivity index (χ2v) is 5.15. The fraction of sp³-hybridized carbons (Fsp3) is 0.467. The van der Waals surface area contributed by atoms with Gasteiger partial charge in [0.05, 0.1) is 6.42 Å². The first kappa shape index (κ1) is 16.0. The monoisotopic (exact) mass is 277 g/mol. The number of hydrogen-bond acceptors (Lipinski definition) is 3. The molecule has 0 aliphatic rings. The predicted molar refractivity (Wildman–Crippen MR) is 79.7 cm³/mol. The molecule has 1 unspecified atom stereocenters. The molecule has 110 valence electrons. The predicted octanol–water partition coefficient (Wildman–Crippen LogP) is 1.83. The molecule has 1 rings (SSSR count). The first-order chi connectivity index (χ1) is 9.47. The minimum atomic E-state index is 0.0664. The van der Waals surface area contributed by atoms with Gasteiger partial charge >= 0.3 is 0 Å². The van der Waals surface area contributed by atoms with E-state index >= 15 is 0 Å². The number of amides is 1. The molecule has 0 bridgehead atoms. The Balaban J connectivity index is 2.62. The minimum Gasteiger partial charge on any atom is -0.409 e. The molecule has 0 aliphatic carbocycles. The Bertz CT molecular complexity index is 469. The molecule has 0 saturated carbocycles. The lowest BCUT2D eigenvalue weighted by Crippen LogP contribution is -2.32. The number of carbonyl (C=O) groups is 1. The number of nitrogens with two attached hydrogens (primary N) is 1. The molecular weight excluding hydrogens is 254 g/mol. The van der Waals surface area contributed by atoms with Crippen LogP contribution in [0.25, 0.3) is 0 Å². The first-order valence-corrected chi connectivity index (χ1v) is 6.78. The summed E-state index contributed by atoms with van der Waals surface area (Å²) >= 11 is 0. The fourth-order valence-electron chi connectivity index (χ4n) is 1.86. The van der Waals surface area contributed by atoms with E-state index in [9.17, 15) is 4.79 Å². The maximum Gasteiger partial charge on any atom is 0.226 e. The fourth-order valence-corrected chi connectivity index (χ4v) is 1.86. The van der Waals surface area contributed by atoms with Crippen LogP contribution in [0.4, 0.5) is 0 Å². The molecule has 0 heterocycles. The van der Waals surface area contributed by atoms with Crippen LogP contribution in [0.1, 0.15) is 31.4 Å². The molecule has 0 spiro atoms. The smallest absolute Gasteiger partial charge is 0.226 e. The summed E-state index contributed by atoms with van der Waals surface area (Å²) in [7, 11) is 1.83. The van der Waals surface area contributed by atoms with E-state index in [1.807, 2.05) is 19.2 Å². The van der Waals surface area contributed by atoms with E-state index in [0.29, 0.717) is 17.9 Å². The molecule has 5 heteroatoms. The molecule has 1 amide bonds. The Kier molecular flexibility index (Phi) is 6.03. The second kappa shape index (κ2) is 7.53. The summed E-state index contributed by atoms with van der Waals surface area (Å²) in [5, 5.41) is 11.5. The van der Waals surface area contributed by atoms with Crippen molar-refractivity contribution >= 4 is 11.7 Å². The summed E-state index contributed by atoms with van der Waals surface area (Å²) in [4.78, 5) is 13.8. The molecule has 0 aromatic heterocycles. The van der Waals surface area contributed by atoms with Gasteiger partial charge in [-0.05, 0) is 11.5 Å². The van der Waals surface area contributed by atoms with Gasteiger partial charge < -0.3 is 15.8 Å². The summed E-state index contributed by atoms with van der Waals surface area (Å²) in [6.07, 6.45) is 1.43. The van der Waals surface area contributed by atoms with E-state index in [1.54, 1.807) is 17.0 Å². The summed E-state index contributed by atoms with van der Waals surface area (Å²) in [6, 6.07) is 7.13. The number of rotatable bonds is 6. The lowest BCUT2D eigenvalue weighted by Gasteiger charge is -2.20. The number of benzene rings is 1. The van der Waals surface area contributed by atoms with Gasteiger partial charge in [0.2, 0.25) is 5.91 Å². The quantitative estimate of drug-likeness (QED) is 0.360. The van der Waals surface area contributed by atoms with E-state index in [1.165, 1.54) is 0 Å². The van der Waals surface area contributed by atoms with Gasteiger partial charge in [0, 0.05) is 19.2 Å². The van der Waals surface area contributed by atoms with Crippen molar-refractivity contribution in [3.8, 4) is 0 Å². The van der Waals surface area contributed by atoms with Crippen LogP contribution in [-0.2, 0) is 11.2 Å². The zero-order valence-corrected chi connectivity index (χ0v) is 12.3. The number of hydrogen-bond donors (Lipinski definition) is 2. The van der Waals surface area contributed by atoms with E-state index in [4.69, 9.17) is 10.9 Å². The third-order valence-corrected chi connectivity index (χ3v) is 3.42. The molecule has 3 N–H and O–H groups in total. The van der Waals surface area contributed by atoms with Crippen molar-refractivity contribution in [2.75, 3.05) is 13.6 Å². The highest BCUT2D eigenvalue weighted by Gasteiger charge is 2.12. The molecular formula is C15H23N3O2. The highest BCUT2D eigenvalue weighted by Crippen LogP contribution is 2.08. The van der Waals surface area contributed by atoms with Gasteiger partial charge in [0.1, 0.15) is 0 Å². The van der Waals surface area contributed by atoms with Crippen LogP contribution in [0.2, 0.25) is 0 Å². The highest BCUT2D eigenvalue weighted by molar-refractivity contribution is 5.97. The SMILES string of the molecule is CCC(C)CN(C)C(=O)Cc1ccc(C(N)=NO)cc1. The van der Waals surface area contributed by atoms with Gasteiger partial charge in [-0.25, -0.2) is 0 Å². The van der Waals surface area contributed by atoms with Gasteiger partial charge in [0.25, 0.3) is 0 Å². The van der Waals surface area contributed by atoms with E-state index in [-0.39, 0.29) is 11.7 Å². The summed E-state index contributed by atoms with van der Waals surface area (Å²) in [5.74, 6) is 0.672. The number of likely N-dealkylation sites (N-methyl/N-ethyl adjacent to an activating group) is 1. The van der Waals surface area contributed by atoms with Gasteiger partial charge in [-0.1, -0.05) is 49.7 Å². The number of nitrogens with zero attached hydrogens (tertiary/aromatic N) is 2. The number of carbonyl (C=O) groups excluding carboxylic acids is 1. The Morgan fingerprint density at radius 2 is 2.00 bits per heavy atom. The second-order valence-electron chi connectivity index (χ2n) is 5.15. The Labute approximate surface area is 120 Å². The standard InChI is InChI=1S/C15H23N3O2/c1-4-11(2)10-18(3)14(19)9-12-5-7-13(8-6-12)15(16)17-20/h5-8,11,20H,4,9-10H2,1-3H3,(H2,16,17). The Morgan fingerprint density at radius 3 is 2.50 bits per heavy atom. The van der Waals surface area contributed by atoms with Crippen molar-refractivity contribution in [2.24, 2.45) is 16.8 Å². The molecule has 0 saturated heterocycles. The molecule has 1 aromatic carbocycles. The zero-order chi connectivity index (χ0) is 15.1. The van der Waals surface area contributed by atoms with E-state index in [0.717, 1.165) is 18.5 Å². The topological polar surface area (TPSA) is 78.9 Å². The van der Waals surface area contributed by atoms with Crippen molar-refractivity contribution in [3.05, 3.63) is 35.4 Å². The molecule has 1 aromatic rings. The lowest BCUT2D eigenvalue weighted by atomic mass is 10.1. The first-order valence-electron chi connectivity index (χ1n) is 6.78. The molecule has 0 radical (unpaired) electrons. The van der Waals surface area contributed by atoms with Crippen molar-refractivity contribution in [1.29, 1.82) is 0 Å². The molecule has 1 atom stereocenters. The van der Waals surface area contributed by atoms with Crippen LogP contribution in [0.15, 0.2) is 29.4 Å². The summed E-state index contributed by atoms with van der Waals surface area (Å²) in [5.41, 5.74) is 7.04. The highest BCUT2D eigenvalue weighted by atomic mass is 16.4. The molecule has 0 aliphatic heterocycles. The van der Waals surface area contributed by atoms with E-state index < -0.39 is 0 Å². The molecule has 20 heavy (non-hydrogen) atoms. The van der Waals surface area contributed by atoms with Gasteiger partial charge in [-0.15, -0.1) is 0 Å². The summed E-state index contributed by atoms with van der Waals surface area (Å²) in [6.45, 7) is 5.03. The van der Waals surface area contributed by atoms with Crippen molar-refractivity contribution in [3.63, 3.8) is 0 Å².